The van der Waals surface area contributed by atoms with Crippen LogP contribution in [0.15, 0.2) is 24.0 Å². The zero-order chi connectivity index (χ0) is 26.0. The lowest BCUT2D eigenvalue weighted by atomic mass is 9.52. The first-order valence-corrected chi connectivity index (χ1v) is 12.0. The molecule has 2 bridgehead atoms. The Morgan fingerprint density at radius 3 is 2.81 bits per heavy atom. The smallest absolute Gasteiger partial charge is 0.352 e. The highest BCUT2D eigenvalue weighted by Crippen LogP contribution is 2.64. The number of likely N-dealkylation sites (N-methyl/N-ethyl adjacent to an activating group) is 1. The molecule has 4 aliphatic rings. The molecule has 0 amide bonds. The van der Waals surface area contributed by atoms with Gasteiger partial charge in [0.2, 0.25) is 0 Å². The van der Waals surface area contributed by atoms with E-state index in [1.807, 2.05) is 13.1 Å². The van der Waals surface area contributed by atoms with E-state index in [0.717, 1.165) is 24.1 Å². The fraction of sp³-hybridized carbons (Fsp3) is 0.560. The van der Waals surface area contributed by atoms with Gasteiger partial charge in [0, 0.05) is 18.0 Å². The third-order valence-electron chi connectivity index (χ3n) is 8.14. The van der Waals surface area contributed by atoms with Crippen LogP contribution in [0.5, 0.6) is 11.5 Å². The second-order valence-corrected chi connectivity index (χ2v) is 10.2. The Morgan fingerprint density at radius 2 is 2.08 bits per heavy atom. The molecule has 2 heterocycles. The molecule has 0 aromatic heterocycles. The summed E-state index contributed by atoms with van der Waals surface area (Å²) in [5.74, 6) is -2.74. The molecule has 1 fully saturated rings. The van der Waals surface area contributed by atoms with Crippen molar-refractivity contribution in [2.24, 2.45) is 5.73 Å². The van der Waals surface area contributed by atoms with Crippen LogP contribution in [-0.2, 0) is 35.7 Å². The first-order valence-electron chi connectivity index (χ1n) is 12.0. The van der Waals surface area contributed by atoms with Gasteiger partial charge in [0.25, 0.3) is 0 Å². The van der Waals surface area contributed by atoms with E-state index in [4.69, 9.17) is 25.1 Å². The van der Waals surface area contributed by atoms with Crippen molar-refractivity contribution in [3.05, 3.63) is 35.1 Å². The lowest BCUT2D eigenvalue weighted by molar-refractivity contribution is -0.168. The molecule has 5 rings (SSSR count). The summed E-state index contributed by atoms with van der Waals surface area (Å²) in [7, 11) is 1.99. The number of likely N-dealkylation sites (tertiary alicyclic amines) is 1. The minimum Gasteiger partial charge on any atom is -0.504 e. The number of carbonyl (C=O) groups excluding carboxylic acids is 2. The second kappa shape index (κ2) is 8.46. The minimum atomic E-state index is -1.45. The average molecular weight is 503 g/mol. The summed E-state index contributed by atoms with van der Waals surface area (Å²) in [4.78, 5) is 37.9. The van der Waals surface area contributed by atoms with Crippen LogP contribution >= 0.6 is 0 Å². The molecule has 2 aliphatic carbocycles. The number of aliphatic hydroxyl groups is 1. The summed E-state index contributed by atoms with van der Waals surface area (Å²) in [5.41, 5.74) is 4.97. The maximum atomic E-state index is 12.9. The number of aromatic hydroxyl groups is 1. The van der Waals surface area contributed by atoms with Gasteiger partial charge in [-0.05, 0) is 57.5 Å². The molecule has 11 heteroatoms. The number of hydrogen-bond acceptors (Lipinski definition) is 10. The fourth-order valence-electron chi connectivity index (χ4n) is 6.45. The van der Waals surface area contributed by atoms with E-state index in [1.165, 1.54) is 6.92 Å². The molecular weight excluding hydrogens is 472 g/mol. The van der Waals surface area contributed by atoms with Crippen molar-refractivity contribution in [3.8, 4) is 11.5 Å². The molecule has 6 atom stereocenters. The molecular formula is C25H30N2O9. The number of carbonyl (C=O) groups is 3. The number of aliphatic carboxylic acids is 1. The van der Waals surface area contributed by atoms with E-state index < -0.39 is 53.6 Å². The van der Waals surface area contributed by atoms with Gasteiger partial charge < -0.3 is 40.2 Å². The van der Waals surface area contributed by atoms with Crippen molar-refractivity contribution < 1.29 is 43.9 Å². The molecule has 36 heavy (non-hydrogen) atoms. The predicted molar refractivity (Wildman–Crippen MR) is 123 cm³/mol. The van der Waals surface area contributed by atoms with E-state index in [-0.39, 0.29) is 24.0 Å². The second-order valence-electron chi connectivity index (χ2n) is 10.2. The lowest BCUT2D eigenvalue weighted by Crippen LogP contribution is -2.69. The number of carboxylic acid groups (broad SMARTS) is 1. The molecule has 1 saturated heterocycles. The molecule has 0 unspecified atom stereocenters. The highest BCUT2D eigenvalue weighted by molar-refractivity contribution is 5.84. The van der Waals surface area contributed by atoms with Crippen LogP contribution in [0.4, 0.5) is 0 Å². The number of rotatable bonds is 6. The normalized spacial score (nSPS) is 31.7. The van der Waals surface area contributed by atoms with Crippen molar-refractivity contribution >= 4 is 17.9 Å². The molecule has 2 aliphatic heterocycles. The highest BCUT2D eigenvalue weighted by Gasteiger charge is 2.71. The maximum Gasteiger partial charge on any atom is 0.352 e. The molecule has 0 radical (unpaired) electrons. The highest BCUT2D eigenvalue weighted by atomic mass is 16.6. The van der Waals surface area contributed by atoms with Crippen LogP contribution in [0.1, 0.15) is 43.7 Å². The van der Waals surface area contributed by atoms with Crippen LogP contribution < -0.4 is 10.5 Å². The molecule has 5 N–H and O–H groups in total. The van der Waals surface area contributed by atoms with Gasteiger partial charge in [-0.15, -0.1) is 0 Å². The summed E-state index contributed by atoms with van der Waals surface area (Å²) in [5, 5.41) is 31.7. The number of hydrogen-bond donors (Lipinski definition) is 4. The van der Waals surface area contributed by atoms with Crippen LogP contribution in [0.2, 0.25) is 0 Å². The number of phenolic OH excluding ortho intramolecular Hbond substituents is 1. The summed E-state index contributed by atoms with van der Waals surface area (Å²) in [6, 6.07) is 1.80. The van der Waals surface area contributed by atoms with E-state index in [0.29, 0.717) is 18.6 Å². The number of phenols is 1. The Labute approximate surface area is 207 Å². The first-order chi connectivity index (χ1) is 17.0. The van der Waals surface area contributed by atoms with Gasteiger partial charge in [0.15, 0.2) is 23.7 Å². The Balaban J connectivity index is 1.44. The number of carboxylic acids is 1. The van der Waals surface area contributed by atoms with Gasteiger partial charge in [-0.3, -0.25) is 9.59 Å². The first kappa shape index (κ1) is 24.5. The zero-order valence-electron chi connectivity index (χ0n) is 20.1. The van der Waals surface area contributed by atoms with Gasteiger partial charge in [0.05, 0.1) is 17.4 Å². The number of nitrogens with zero attached hydrogens (tertiary/aromatic N) is 1. The number of esters is 2. The zero-order valence-corrected chi connectivity index (χ0v) is 20.1. The summed E-state index contributed by atoms with van der Waals surface area (Å²) >= 11 is 0. The van der Waals surface area contributed by atoms with Crippen molar-refractivity contribution in [3.63, 3.8) is 0 Å². The molecule has 1 aromatic rings. The van der Waals surface area contributed by atoms with E-state index in [1.54, 1.807) is 12.1 Å². The van der Waals surface area contributed by atoms with Crippen LogP contribution in [-0.4, -0.2) is 81.6 Å². The molecule has 194 valence electrons. The van der Waals surface area contributed by atoms with Gasteiger partial charge >= 0.3 is 17.9 Å². The largest absolute Gasteiger partial charge is 0.504 e. The number of nitrogens with two attached hydrogens (primary N) is 1. The molecule has 0 saturated carbocycles. The van der Waals surface area contributed by atoms with Crippen molar-refractivity contribution in [2.45, 2.75) is 74.3 Å². The third-order valence-corrected chi connectivity index (χ3v) is 8.14. The Kier molecular flexibility index (Phi) is 5.77. The fourth-order valence-corrected chi connectivity index (χ4v) is 6.45. The number of ether oxygens (including phenoxy) is 3. The van der Waals surface area contributed by atoms with Gasteiger partial charge in [-0.1, -0.05) is 6.07 Å². The van der Waals surface area contributed by atoms with E-state index in [9.17, 15) is 24.6 Å². The van der Waals surface area contributed by atoms with Crippen molar-refractivity contribution in [1.29, 1.82) is 0 Å². The summed E-state index contributed by atoms with van der Waals surface area (Å²) < 4.78 is 17.0. The van der Waals surface area contributed by atoms with Gasteiger partial charge in [0.1, 0.15) is 11.8 Å². The SMILES string of the molecule is C[C@H](OC(=O)C[C@H](N)C(=O)O)C(=O)OC1=CC[C@@]2(O)[C@H]3Cc4ccc(O)c5c4[C@@]2(CCCN3C)[C@H]1O5. The number of benzene rings is 1. The minimum absolute atomic E-state index is 0.0429. The summed E-state index contributed by atoms with van der Waals surface area (Å²) in [6.45, 7) is 2.09. The third kappa shape index (κ3) is 3.40. The Hall–Kier alpha value is -3.15. The lowest BCUT2D eigenvalue weighted by Gasteiger charge is -2.56. The Bertz CT molecular complexity index is 1170. The maximum absolute atomic E-state index is 12.9. The standard InChI is InChI=1S/C25H30N2O9/c1-12(34-18(29)11-14(26)22(30)31)23(32)35-16-6-8-25(33)17-10-13-4-5-15(28)20-19(13)24(25,21(16)36-20)7-3-9-27(17)2/h4-6,12,14,17,21,28,33H,3,7-11,26H2,1-2H3,(H,30,31)/t12-,14-,17+,21-,24-,25+/m0/s1. The Morgan fingerprint density at radius 1 is 1.33 bits per heavy atom. The van der Waals surface area contributed by atoms with Crippen molar-refractivity contribution in [1.82, 2.24) is 4.90 Å². The molecule has 11 nitrogen and oxygen atoms in total. The van der Waals surface area contributed by atoms with Gasteiger partial charge in [-0.2, -0.15) is 0 Å². The monoisotopic (exact) mass is 502 g/mol. The van der Waals surface area contributed by atoms with Crippen molar-refractivity contribution in [2.75, 3.05) is 13.6 Å². The summed E-state index contributed by atoms with van der Waals surface area (Å²) in [6.07, 6.45) is 0.986. The van der Waals surface area contributed by atoms with Crippen LogP contribution in [0, 0.1) is 0 Å². The quantitative estimate of drug-likeness (QED) is 0.396. The molecule has 1 aromatic carbocycles. The van der Waals surface area contributed by atoms with Crippen LogP contribution in [0.3, 0.4) is 0 Å². The van der Waals surface area contributed by atoms with E-state index >= 15 is 0 Å². The predicted octanol–water partition coefficient (Wildman–Crippen LogP) is 0.337. The van der Waals surface area contributed by atoms with Crippen LogP contribution in [0.25, 0.3) is 0 Å². The topological polar surface area (TPSA) is 169 Å². The van der Waals surface area contributed by atoms with E-state index in [2.05, 4.69) is 4.90 Å². The average Bonchev–Trinajstić information content (AvgIpc) is 3.15. The molecule has 1 spiro atoms. The van der Waals surface area contributed by atoms with Gasteiger partial charge in [-0.25, -0.2) is 4.79 Å².